The fourth-order valence-electron chi connectivity index (χ4n) is 3.73. The van der Waals surface area contributed by atoms with Gasteiger partial charge < -0.3 is 15.5 Å². The maximum absolute atomic E-state index is 9.15. The van der Waals surface area contributed by atoms with Gasteiger partial charge in [0.15, 0.2) is 0 Å². The number of aryl methyl sites for hydroxylation is 2. The van der Waals surface area contributed by atoms with Crippen molar-refractivity contribution in [1.29, 1.82) is 10.7 Å². The van der Waals surface area contributed by atoms with Gasteiger partial charge in [0.05, 0.1) is 29.2 Å². The lowest BCUT2D eigenvalue weighted by atomic mass is 9.88. The maximum Gasteiger partial charge on any atom is 0.124 e. The van der Waals surface area contributed by atoms with Crippen molar-refractivity contribution in [2.24, 2.45) is 0 Å². The Morgan fingerprint density at radius 3 is 3.00 bits per heavy atom. The van der Waals surface area contributed by atoms with Gasteiger partial charge >= 0.3 is 0 Å². The van der Waals surface area contributed by atoms with Gasteiger partial charge in [0.1, 0.15) is 11.9 Å². The zero-order chi connectivity index (χ0) is 20.2. The van der Waals surface area contributed by atoms with Gasteiger partial charge in [-0.3, -0.25) is 4.68 Å². The molecule has 0 radical (unpaired) electrons. The zero-order valence-electron chi connectivity index (χ0n) is 16.4. The summed E-state index contributed by atoms with van der Waals surface area (Å²) in [5, 5.41) is 24.5. The Labute approximate surface area is 170 Å². The van der Waals surface area contributed by atoms with Crippen LogP contribution in [-0.2, 0) is 13.0 Å². The van der Waals surface area contributed by atoms with Crippen LogP contribution >= 0.6 is 0 Å². The van der Waals surface area contributed by atoms with Crippen LogP contribution in [0.15, 0.2) is 48.8 Å². The van der Waals surface area contributed by atoms with Crippen LogP contribution in [0.4, 0.5) is 11.4 Å². The van der Waals surface area contributed by atoms with E-state index in [-0.39, 0.29) is 6.10 Å². The molecule has 0 saturated carbocycles. The topological polar surface area (TPSA) is 86.7 Å². The van der Waals surface area contributed by atoms with Gasteiger partial charge in [-0.15, -0.1) is 0 Å². The molecule has 1 unspecified atom stereocenters. The van der Waals surface area contributed by atoms with E-state index in [0.717, 1.165) is 54.1 Å². The molecule has 0 bridgehead atoms. The number of ether oxygens (including phenoxy) is 1. The fraction of sp³-hybridized carbons (Fsp3) is 0.261. The lowest BCUT2D eigenvalue weighted by molar-refractivity contribution is 0.183. The van der Waals surface area contributed by atoms with Crippen LogP contribution in [0, 0.1) is 16.7 Å². The van der Waals surface area contributed by atoms with E-state index in [1.165, 1.54) is 11.8 Å². The van der Waals surface area contributed by atoms with E-state index < -0.39 is 0 Å². The summed E-state index contributed by atoms with van der Waals surface area (Å²) in [6.07, 6.45) is 7.96. The molecule has 3 aromatic rings. The molecule has 0 aliphatic heterocycles. The van der Waals surface area contributed by atoms with Crippen LogP contribution in [0.1, 0.15) is 48.1 Å². The summed E-state index contributed by atoms with van der Waals surface area (Å²) in [5.74, 6) is 0.753. The van der Waals surface area contributed by atoms with E-state index in [1.54, 1.807) is 6.20 Å². The molecule has 2 aromatic carbocycles. The van der Waals surface area contributed by atoms with Crippen molar-refractivity contribution in [3.8, 4) is 11.8 Å². The number of nitrogens with zero attached hydrogens (tertiary/aromatic N) is 3. The number of aromatic nitrogens is 2. The predicted octanol–water partition coefficient (Wildman–Crippen LogP) is 4.97. The normalized spacial score (nSPS) is 15.2. The van der Waals surface area contributed by atoms with Gasteiger partial charge in [0.2, 0.25) is 0 Å². The Morgan fingerprint density at radius 1 is 1.34 bits per heavy atom. The number of hydrogen-bond acceptors (Lipinski definition) is 5. The number of hydrogen-bond donors (Lipinski definition) is 2. The molecule has 1 aliphatic rings. The molecule has 29 heavy (non-hydrogen) atoms. The SMILES string of the molecule is CCn1cc(Nc2cc(OC3CCCc4cc(C#N)ccc43)ccc2C=N)cn1. The van der Waals surface area contributed by atoms with E-state index in [1.807, 2.05) is 54.2 Å². The molecule has 6 nitrogen and oxygen atoms in total. The van der Waals surface area contributed by atoms with Gasteiger partial charge in [-0.25, -0.2) is 0 Å². The van der Waals surface area contributed by atoms with Crippen LogP contribution in [0.25, 0.3) is 0 Å². The highest BCUT2D eigenvalue weighted by Gasteiger charge is 2.22. The van der Waals surface area contributed by atoms with Crippen LogP contribution in [0.5, 0.6) is 5.75 Å². The lowest BCUT2D eigenvalue weighted by Gasteiger charge is -2.27. The molecule has 6 heteroatoms. The van der Waals surface area contributed by atoms with Crippen molar-refractivity contribution in [3.63, 3.8) is 0 Å². The van der Waals surface area contributed by atoms with Crippen molar-refractivity contribution in [1.82, 2.24) is 9.78 Å². The minimum Gasteiger partial charge on any atom is -0.486 e. The second kappa shape index (κ2) is 8.19. The number of nitriles is 1. The zero-order valence-corrected chi connectivity index (χ0v) is 16.4. The summed E-state index contributed by atoms with van der Waals surface area (Å²) < 4.78 is 8.19. The second-order valence-electron chi connectivity index (χ2n) is 7.13. The van der Waals surface area contributed by atoms with E-state index >= 15 is 0 Å². The van der Waals surface area contributed by atoms with Crippen molar-refractivity contribution in [2.75, 3.05) is 5.32 Å². The molecule has 1 atom stereocenters. The number of rotatable bonds is 6. The number of nitrogens with one attached hydrogen (secondary N) is 2. The Bertz CT molecular complexity index is 1080. The number of fused-ring (bicyclic) bond motifs is 1. The van der Waals surface area contributed by atoms with Crippen molar-refractivity contribution >= 4 is 17.6 Å². The third kappa shape index (κ3) is 3.99. The highest BCUT2D eigenvalue weighted by molar-refractivity contribution is 5.87. The van der Waals surface area contributed by atoms with Crippen molar-refractivity contribution < 1.29 is 4.74 Å². The Balaban J connectivity index is 1.58. The second-order valence-corrected chi connectivity index (χ2v) is 7.13. The first-order valence-corrected chi connectivity index (χ1v) is 9.83. The molecule has 146 valence electrons. The fourth-order valence-corrected chi connectivity index (χ4v) is 3.73. The minimum absolute atomic E-state index is 0.0342. The third-order valence-electron chi connectivity index (χ3n) is 5.23. The largest absolute Gasteiger partial charge is 0.486 e. The highest BCUT2D eigenvalue weighted by atomic mass is 16.5. The molecule has 2 N–H and O–H groups in total. The summed E-state index contributed by atoms with van der Waals surface area (Å²) in [6.45, 7) is 2.84. The molecule has 1 heterocycles. The minimum atomic E-state index is -0.0342. The summed E-state index contributed by atoms with van der Waals surface area (Å²) in [5.41, 5.74) is 5.51. The first-order valence-electron chi connectivity index (χ1n) is 9.83. The third-order valence-corrected chi connectivity index (χ3v) is 5.23. The first-order chi connectivity index (χ1) is 14.2. The Kier molecular flexibility index (Phi) is 5.30. The van der Waals surface area contributed by atoms with Crippen LogP contribution in [-0.4, -0.2) is 16.0 Å². The van der Waals surface area contributed by atoms with Gasteiger partial charge in [-0.2, -0.15) is 10.4 Å². The molecule has 4 rings (SSSR count). The van der Waals surface area contributed by atoms with E-state index in [9.17, 15) is 0 Å². The molecular weight excluding hydrogens is 362 g/mol. The molecule has 0 spiro atoms. The van der Waals surface area contributed by atoms with Crippen LogP contribution < -0.4 is 10.1 Å². The Morgan fingerprint density at radius 2 is 2.24 bits per heavy atom. The summed E-state index contributed by atoms with van der Waals surface area (Å²) in [7, 11) is 0. The van der Waals surface area contributed by atoms with Gasteiger partial charge in [-0.05, 0) is 61.6 Å². The lowest BCUT2D eigenvalue weighted by Crippen LogP contribution is -2.15. The average Bonchev–Trinajstić information content (AvgIpc) is 3.21. The van der Waals surface area contributed by atoms with Gasteiger partial charge in [-0.1, -0.05) is 6.07 Å². The molecule has 0 fully saturated rings. The summed E-state index contributed by atoms with van der Waals surface area (Å²) in [4.78, 5) is 0. The van der Waals surface area contributed by atoms with Gasteiger partial charge in [0.25, 0.3) is 0 Å². The van der Waals surface area contributed by atoms with E-state index in [4.69, 9.17) is 15.4 Å². The van der Waals surface area contributed by atoms with E-state index in [2.05, 4.69) is 16.5 Å². The summed E-state index contributed by atoms with van der Waals surface area (Å²) in [6, 6.07) is 13.8. The average molecular weight is 385 g/mol. The van der Waals surface area contributed by atoms with Crippen LogP contribution in [0.3, 0.4) is 0 Å². The number of benzene rings is 2. The quantitative estimate of drug-likeness (QED) is 0.586. The Hall–Kier alpha value is -3.59. The molecular formula is C23H23N5O. The van der Waals surface area contributed by atoms with Gasteiger partial charge in [0, 0.05) is 30.6 Å². The first kappa shape index (κ1) is 18.8. The van der Waals surface area contributed by atoms with E-state index in [0.29, 0.717) is 5.56 Å². The highest BCUT2D eigenvalue weighted by Crippen LogP contribution is 2.35. The molecule has 0 amide bonds. The maximum atomic E-state index is 9.15. The smallest absolute Gasteiger partial charge is 0.124 e. The molecule has 1 aliphatic carbocycles. The summed E-state index contributed by atoms with van der Waals surface area (Å²) >= 11 is 0. The van der Waals surface area contributed by atoms with Crippen molar-refractivity contribution in [3.05, 3.63) is 71.0 Å². The van der Waals surface area contributed by atoms with Crippen molar-refractivity contribution in [2.45, 2.75) is 38.8 Å². The van der Waals surface area contributed by atoms with Crippen LogP contribution in [0.2, 0.25) is 0 Å². The molecule has 1 aromatic heterocycles. The predicted molar refractivity (Wildman–Crippen MR) is 113 cm³/mol. The monoisotopic (exact) mass is 385 g/mol. The molecule has 0 saturated heterocycles. The number of anilines is 2. The standard InChI is InChI=1S/C23H23N5O/c1-2-28-15-19(14-26-28)27-22-11-20(8-7-18(22)13-25)29-23-5-3-4-17-10-16(12-24)6-9-21(17)23/h6-11,13-15,23,25,27H,2-5H2,1H3.